The fourth-order valence-corrected chi connectivity index (χ4v) is 3.59. The summed E-state index contributed by atoms with van der Waals surface area (Å²) in [5.74, 6) is -0.366. The Morgan fingerprint density at radius 2 is 1.82 bits per heavy atom. The first-order chi connectivity index (χ1) is 13.6. The lowest BCUT2D eigenvalue weighted by Gasteiger charge is -2.34. The molecule has 28 heavy (non-hydrogen) atoms. The lowest BCUT2D eigenvalue weighted by atomic mass is 10.1. The number of carbonyl (C=O) groups excluding carboxylic acids is 1. The summed E-state index contributed by atoms with van der Waals surface area (Å²) < 4.78 is 13.1. The van der Waals surface area contributed by atoms with Crippen molar-refractivity contribution < 1.29 is 9.18 Å². The topological polar surface area (TPSA) is 52.2 Å². The number of nitrogens with one attached hydrogen (secondary N) is 1. The number of aromatic amines is 1. The normalized spacial score (nSPS) is 15.0. The van der Waals surface area contributed by atoms with Crippen LogP contribution in [-0.2, 0) is 6.54 Å². The van der Waals surface area contributed by atoms with Gasteiger partial charge in [-0.2, -0.15) is 5.10 Å². The number of halogens is 2. The first-order valence-electron chi connectivity index (χ1n) is 9.16. The molecule has 0 spiro atoms. The zero-order chi connectivity index (χ0) is 19.5. The number of hydrogen-bond acceptors (Lipinski definition) is 3. The minimum absolute atomic E-state index is 0.0664. The Morgan fingerprint density at radius 1 is 1.07 bits per heavy atom. The zero-order valence-corrected chi connectivity index (χ0v) is 16.0. The van der Waals surface area contributed by atoms with E-state index in [2.05, 4.69) is 21.2 Å². The second-order valence-corrected chi connectivity index (χ2v) is 7.31. The molecule has 0 bridgehead atoms. The summed E-state index contributed by atoms with van der Waals surface area (Å²) in [4.78, 5) is 16.9. The van der Waals surface area contributed by atoms with Gasteiger partial charge in [0.2, 0.25) is 0 Å². The number of rotatable bonds is 4. The highest BCUT2D eigenvalue weighted by atomic mass is 35.5. The van der Waals surface area contributed by atoms with E-state index in [1.807, 2.05) is 23.1 Å². The van der Waals surface area contributed by atoms with E-state index >= 15 is 0 Å². The number of H-pyrrole nitrogens is 1. The Kier molecular flexibility index (Phi) is 5.41. The third kappa shape index (κ3) is 4.24. The van der Waals surface area contributed by atoms with E-state index in [-0.39, 0.29) is 11.7 Å². The smallest absolute Gasteiger partial charge is 0.271 e. The summed E-state index contributed by atoms with van der Waals surface area (Å²) >= 11 is 6.05. The van der Waals surface area contributed by atoms with Crippen molar-refractivity contribution >= 4 is 17.5 Å². The molecular weight excluding hydrogens is 379 g/mol. The minimum Gasteiger partial charge on any atom is -0.335 e. The first kappa shape index (κ1) is 18.7. The van der Waals surface area contributed by atoms with Gasteiger partial charge in [0.05, 0.1) is 5.69 Å². The molecule has 144 valence electrons. The SMILES string of the molecule is O=C(c1cc(-c2ccc(F)cc2)n[nH]1)N1CCN(Cc2cccc(Cl)c2)CC1. The molecule has 1 aromatic heterocycles. The van der Waals surface area contributed by atoms with Gasteiger partial charge in [0.25, 0.3) is 5.91 Å². The first-order valence-corrected chi connectivity index (χ1v) is 9.54. The fraction of sp³-hybridized carbons (Fsp3) is 0.238. The van der Waals surface area contributed by atoms with Gasteiger partial charge in [0, 0.05) is 43.3 Å². The van der Waals surface area contributed by atoms with Crippen LogP contribution in [0.4, 0.5) is 4.39 Å². The number of piperazine rings is 1. The molecule has 1 fully saturated rings. The van der Waals surface area contributed by atoms with E-state index in [4.69, 9.17) is 11.6 Å². The number of aromatic nitrogens is 2. The Hall–Kier alpha value is -2.70. The maximum atomic E-state index is 13.1. The summed E-state index contributed by atoms with van der Waals surface area (Å²) in [6.07, 6.45) is 0. The molecule has 1 saturated heterocycles. The summed E-state index contributed by atoms with van der Waals surface area (Å²) in [6, 6.07) is 15.6. The second kappa shape index (κ2) is 8.12. The maximum absolute atomic E-state index is 13.1. The van der Waals surface area contributed by atoms with E-state index < -0.39 is 0 Å². The van der Waals surface area contributed by atoms with Crippen LogP contribution in [0.25, 0.3) is 11.3 Å². The predicted octanol–water partition coefficient (Wildman–Crippen LogP) is 3.83. The molecular formula is C21H20ClFN4O. The van der Waals surface area contributed by atoms with Crippen molar-refractivity contribution in [2.45, 2.75) is 6.54 Å². The predicted molar refractivity (Wildman–Crippen MR) is 107 cm³/mol. The van der Waals surface area contributed by atoms with Gasteiger partial charge < -0.3 is 4.90 Å². The molecule has 2 aromatic carbocycles. The van der Waals surface area contributed by atoms with Crippen molar-refractivity contribution in [1.29, 1.82) is 0 Å². The third-order valence-electron chi connectivity index (χ3n) is 4.90. The summed E-state index contributed by atoms with van der Waals surface area (Å²) in [7, 11) is 0. The van der Waals surface area contributed by atoms with Crippen molar-refractivity contribution in [3.05, 3.63) is 76.7 Å². The van der Waals surface area contributed by atoms with E-state index in [9.17, 15) is 9.18 Å². The molecule has 7 heteroatoms. The number of carbonyl (C=O) groups is 1. The highest BCUT2D eigenvalue weighted by Gasteiger charge is 2.23. The monoisotopic (exact) mass is 398 g/mol. The van der Waals surface area contributed by atoms with Gasteiger partial charge in [-0.1, -0.05) is 23.7 Å². The van der Waals surface area contributed by atoms with Crippen LogP contribution in [0.1, 0.15) is 16.1 Å². The van der Waals surface area contributed by atoms with Gasteiger partial charge in [0.1, 0.15) is 11.5 Å². The number of hydrogen-bond donors (Lipinski definition) is 1. The standard InChI is InChI=1S/C21H20ClFN4O/c22-17-3-1-2-15(12-17)14-26-8-10-27(11-9-26)21(28)20-13-19(24-25-20)16-4-6-18(23)7-5-16/h1-7,12-13H,8-11,14H2,(H,24,25). The fourth-order valence-electron chi connectivity index (χ4n) is 3.37. The Labute approximate surface area is 167 Å². The van der Waals surface area contributed by atoms with Crippen molar-refractivity contribution in [2.75, 3.05) is 26.2 Å². The highest BCUT2D eigenvalue weighted by Crippen LogP contribution is 2.19. The quantitative estimate of drug-likeness (QED) is 0.726. The Balaban J connectivity index is 1.36. The molecule has 1 aliphatic heterocycles. The molecule has 3 aromatic rings. The van der Waals surface area contributed by atoms with Gasteiger partial charge in [-0.15, -0.1) is 0 Å². The van der Waals surface area contributed by atoms with Gasteiger partial charge in [-0.3, -0.25) is 14.8 Å². The van der Waals surface area contributed by atoms with Gasteiger partial charge in [-0.25, -0.2) is 4.39 Å². The summed E-state index contributed by atoms with van der Waals surface area (Å²) in [5.41, 5.74) is 3.01. The summed E-state index contributed by atoms with van der Waals surface area (Å²) in [5, 5.41) is 7.74. The van der Waals surface area contributed by atoms with Crippen LogP contribution in [0.5, 0.6) is 0 Å². The van der Waals surface area contributed by atoms with Crippen molar-refractivity contribution in [3.63, 3.8) is 0 Å². The lowest BCUT2D eigenvalue weighted by Crippen LogP contribution is -2.48. The van der Waals surface area contributed by atoms with Crippen LogP contribution in [0.15, 0.2) is 54.6 Å². The Morgan fingerprint density at radius 3 is 2.54 bits per heavy atom. The van der Waals surface area contributed by atoms with Crippen LogP contribution < -0.4 is 0 Å². The van der Waals surface area contributed by atoms with Crippen LogP contribution in [0.3, 0.4) is 0 Å². The molecule has 1 amide bonds. The summed E-state index contributed by atoms with van der Waals surface area (Å²) in [6.45, 7) is 3.74. The molecule has 1 N–H and O–H groups in total. The second-order valence-electron chi connectivity index (χ2n) is 6.87. The molecule has 0 radical (unpaired) electrons. The van der Waals surface area contributed by atoms with Crippen molar-refractivity contribution in [2.24, 2.45) is 0 Å². The third-order valence-corrected chi connectivity index (χ3v) is 5.14. The van der Waals surface area contributed by atoms with Crippen LogP contribution in [-0.4, -0.2) is 52.1 Å². The molecule has 5 nitrogen and oxygen atoms in total. The van der Waals surface area contributed by atoms with Gasteiger partial charge >= 0.3 is 0 Å². The molecule has 4 rings (SSSR count). The van der Waals surface area contributed by atoms with E-state index in [0.717, 1.165) is 30.2 Å². The van der Waals surface area contributed by atoms with Crippen LogP contribution in [0, 0.1) is 5.82 Å². The number of benzene rings is 2. The number of amides is 1. The molecule has 0 aliphatic carbocycles. The minimum atomic E-state index is -0.300. The molecule has 0 unspecified atom stereocenters. The van der Waals surface area contributed by atoms with Gasteiger partial charge in [0.15, 0.2) is 0 Å². The van der Waals surface area contributed by atoms with E-state index in [1.165, 1.54) is 17.7 Å². The lowest BCUT2D eigenvalue weighted by molar-refractivity contribution is 0.0622. The zero-order valence-electron chi connectivity index (χ0n) is 15.2. The maximum Gasteiger partial charge on any atom is 0.271 e. The average Bonchev–Trinajstić information content (AvgIpc) is 3.19. The molecule has 0 atom stereocenters. The average molecular weight is 399 g/mol. The van der Waals surface area contributed by atoms with Crippen LogP contribution >= 0.6 is 11.6 Å². The van der Waals surface area contributed by atoms with E-state index in [1.54, 1.807) is 18.2 Å². The number of nitrogens with zero attached hydrogens (tertiary/aromatic N) is 3. The highest BCUT2D eigenvalue weighted by molar-refractivity contribution is 6.30. The van der Waals surface area contributed by atoms with E-state index in [0.29, 0.717) is 24.5 Å². The van der Waals surface area contributed by atoms with Crippen molar-refractivity contribution in [3.8, 4) is 11.3 Å². The van der Waals surface area contributed by atoms with Gasteiger partial charge in [-0.05, 0) is 48.0 Å². The molecule has 0 saturated carbocycles. The van der Waals surface area contributed by atoms with Crippen LogP contribution in [0.2, 0.25) is 5.02 Å². The molecule has 2 heterocycles. The largest absolute Gasteiger partial charge is 0.335 e. The molecule has 1 aliphatic rings. The Bertz CT molecular complexity index is 965. The van der Waals surface area contributed by atoms with Crippen molar-refractivity contribution in [1.82, 2.24) is 20.0 Å².